The van der Waals surface area contributed by atoms with E-state index in [9.17, 15) is 0 Å². The molecule has 1 aliphatic rings. The van der Waals surface area contributed by atoms with Gasteiger partial charge in [0.15, 0.2) is 0 Å². The van der Waals surface area contributed by atoms with Crippen LogP contribution in [0.3, 0.4) is 0 Å². The Morgan fingerprint density at radius 1 is 1.37 bits per heavy atom. The van der Waals surface area contributed by atoms with Gasteiger partial charge in [-0.25, -0.2) is 0 Å². The van der Waals surface area contributed by atoms with Gasteiger partial charge in [-0.1, -0.05) is 25.3 Å². The zero-order valence-electron chi connectivity index (χ0n) is 12.1. The first kappa shape index (κ1) is 14.5. The van der Waals surface area contributed by atoms with Crippen LogP contribution in [-0.2, 0) is 11.2 Å². The third kappa shape index (κ3) is 4.02. The Balaban J connectivity index is 2.01. The van der Waals surface area contributed by atoms with Crippen molar-refractivity contribution in [2.45, 2.75) is 50.7 Å². The Bertz CT molecular complexity index is 349. The number of methoxy groups -OCH3 is 1. The maximum Gasteiger partial charge on any atom is 0.0755 e. The molecule has 1 aromatic heterocycles. The Hall–Kier alpha value is -0.930. The van der Waals surface area contributed by atoms with Crippen molar-refractivity contribution in [1.82, 2.24) is 10.3 Å². The van der Waals surface area contributed by atoms with Gasteiger partial charge in [-0.2, -0.15) is 0 Å². The van der Waals surface area contributed by atoms with Gasteiger partial charge in [-0.3, -0.25) is 4.98 Å². The van der Waals surface area contributed by atoms with Crippen LogP contribution in [0.5, 0.6) is 0 Å². The third-order valence-corrected chi connectivity index (χ3v) is 4.33. The second-order valence-electron chi connectivity index (χ2n) is 5.56. The molecule has 0 bridgehead atoms. The van der Waals surface area contributed by atoms with Crippen LogP contribution in [0.15, 0.2) is 24.5 Å². The van der Waals surface area contributed by atoms with E-state index in [1.165, 1.54) is 37.7 Å². The fourth-order valence-corrected chi connectivity index (χ4v) is 3.30. The number of hydrogen-bond acceptors (Lipinski definition) is 3. The quantitative estimate of drug-likeness (QED) is 0.856. The molecule has 1 N–H and O–H groups in total. The highest BCUT2D eigenvalue weighted by Gasteiger charge is 2.29. The van der Waals surface area contributed by atoms with Crippen LogP contribution >= 0.6 is 0 Å². The van der Waals surface area contributed by atoms with E-state index in [1.807, 2.05) is 32.6 Å². The standard InChI is InChI=1S/C16H26N2O/c1-17-15(11-13-7-6-10-18-12-13)16(19-2)14-8-4-3-5-9-14/h6-7,10,12,14-17H,3-5,8-9,11H2,1-2H3. The predicted molar refractivity (Wildman–Crippen MR) is 78.2 cm³/mol. The molecule has 3 heteroatoms. The van der Waals surface area contributed by atoms with Crippen molar-refractivity contribution in [3.05, 3.63) is 30.1 Å². The minimum Gasteiger partial charge on any atom is -0.380 e. The van der Waals surface area contributed by atoms with E-state index in [1.54, 1.807) is 0 Å². The Morgan fingerprint density at radius 3 is 2.74 bits per heavy atom. The highest BCUT2D eigenvalue weighted by molar-refractivity contribution is 5.11. The van der Waals surface area contributed by atoms with Crippen LogP contribution in [0, 0.1) is 5.92 Å². The van der Waals surface area contributed by atoms with E-state index >= 15 is 0 Å². The number of nitrogens with one attached hydrogen (secondary N) is 1. The molecule has 1 saturated carbocycles. The second-order valence-corrected chi connectivity index (χ2v) is 5.56. The summed E-state index contributed by atoms with van der Waals surface area (Å²) in [5.41, 5.74) is 1.28. The van der Waals surface area contributed by atoms with E-state index in [2.05, 4.69) is 16.4 Å². The maximum atomic E-state index is 5.83. The van der Waals surface area contributed by atoms with Gasteiger partial charge < -0.3 is 10.1 Å². The number of hydrogen-bond donors (Lipinski definition) is 1. The summed E-state index contributed by atoms with van der Waals surface area (Å²) in [6.07, 6.45) is 11.8. The Labute approximate surface area is 116 Å². The minimum absolute atomic E-state index is 0.311. The summed E-state index contributed by atoms with van der Waals surface area (Å²) < 4.78 is 5.83. The van der Waals surface area contributed by atoms with E-state index in [0.717, 1.165) is 6.42 Å². The molecule has 1 aromatic rings. The van der Waals surface area contributed by atoms with Crippen molar-refractivity contribution < 1.29 is 4.74 Å². The number of pyridine rings is 1. The molecule has 1 fully saturated rings. The van der Waals surface area contributed by atoms with Crippen LogP contribution in [0.4, 0.5) is 0 Å². The van der Waals surface area contributed by atoms with Gasteiger partial charge in [0.2, 0.25) is 0 Å². The maximum absolute atomic E-state index is 5.83. The van der Waals surface area contributed by atoms with Crippen LogP contribution in [0.25, 0.3) is 0 Å². The van der Waals surface area contributed by atoms with Gasteiger partial charge in [0, 0.05) is 25.5 Å². The lowest BCUT2D eigenvalue weighted by Crippen LogP contribution is -2.45. The van der Waals surface area contributed by atoms with Crippen molar-refractivity contribution in [1.29, 1.82) is 0 Å². The first-order chi connectivity index (χ1) is 9.35. The zero-order valence-corrected chi connectivity index (χ0v) is 12.1. The summed E-state index contributed by atoms with van der Waals surface area (Å²) in [6.45, 7) is 0. The van der Waals surface area contributed by atoms with Gasteiger partial charge in [0.25, 0.3) is 0 Å². The van der Waals surface area contributed by atoms with Gasteiger partial charge >= 0.3 is 0 Å². The zero-order chi connectivity index (χ0) is 13.5. The average molecular weight is 262 g/mol. The molecule has 3 nitrogen and oxygen atoms in total. The summed E-state index contributed by atoms with van der Waals surface area (Å²) in [5.74, 6) is 0.702. The lowest BCUT2D eigenvalue weighted by atomic mass is 9.81. The molecule has 1 heterocycles. The lowest BCUT2D eigenvalue weighted by Gasteiger charge is -2.34. The number of nitrogens with zero attached hydrogens (tertiary/aromatic N) is 1. The summed E-state index contributed by atoms with van der Waals surface area (Å²) in [7, 11) is 3.89. The molecule has 2 atom stereocenters. The number of likely N-dealkylation sites (N-methyl/N-ethyl adjacent to an activating group) is 1. The first-order valence-electron chi connectivity index (χ1n) is 7.44. The van der Waals surface area contributed by atoms with E-state index < -0.39 is 0 Å². The van der Waals surface area contributed by atoms with E-state index in [-0.39, 0.29) is 0 Å². The summed E-state index contributed by atoms with van der Waals surface area (Å²) >= 11 is 0. The normalized spacial score (nSPS) is 20.1. The molecule has 2 rings (SSSR count). The molecule has 0 aliphatic heterocycles. The van der Waals surface area contributed by atoms with Crippen molar-refractivity contribution >= 4 is 0 Å². The molecule has 106 valence electrons. The van der Waals surface area contributed by atoms with Gasteiger partial charge in [0.1, 0.15) is 0 Å². The van der Waals surface area contributed by atoms with Crippen molar-refractivity contribution in [3.63, 3.8) is 0 Å². The van der Waals surface area contributed by atoms with Crippen LogP contribution < -0.4 is 5.32 Å². The molecule has 0 spiro atoms. The molecule has 0 amide bonds. The van der Waals surface area contributed by atoms with E-state index in [0.29, 0.717) is 18.1 Å². The molecule has 19 heavy (non-hydrogen) atoms. The number of aromatic nitrogens is 1. The minimum atomic E-state index is 0.311. The Morgan fingerprint density at radius 2 is 2.16 bits per heavy atom. The fourth-order valence-electron chi connectivity index (χ4n) is 3.30. The number of ether oxygens (including phenoxy) is 1. The van der Waals surface area contributed by atoms with Crippen molar-refractivity contribution in [2.75, 3.05) is 14.2 Å². The van der Waals surface area contributed by atoms with Gasteiger partial charge in [-0.05, 0) is 43.9 Å². The summed E-state index contributed by atoms with van der Waals surface area (Å²) in [5, 5.41) is 3.45. The molecule has 0 radical (unpaired) electrons. The summed E-state index contributed by atoms with van der Waals surface area (Å²) in [4.78, 5) is 4.20. The van der Waals surface area contributed by atoms with Crippen molar-refractivity contribution in [3.8, 4) is 0 Å². The largest absolute Gasteiger partial charge is 0.380 e. The smallest absolute Gasteiger partial charge is 0.0755 e. The Kier molecular flexibility index (Phi) is 5.80. The first-order valence-corrected chi connectivity index (χ1v) is 7.44. The molecular formula is C16H26N2O. The highest BCUT2D eigenvalue weighted by atomic mass is 16.5. The van der Waals surface area contributed by atoms with Crippen LogP contribution in [-0.4, -0.2) is 31.3 Å². The number of rotatable bonds is 6. The average Bonchev–Trinajstić information content (AvgIpc) is 2.49. The third-order valence-electron chi connectivity index (χ3n) is 4.33. The highest BCUT2D eigenvalue weighted by Crippen LogP contribution is 2.30. The monoisotopic (exact) mass is 262 g/mol. The van der Waals surface area contributed by atoms with Gasteiger partial charge in [0.05, 0.1) is 6.10 Å². The summed E-state index contributed by atoms with van der Waals surface area (Å²) in [6, 6.07) is 4.52. The molecule has 1 aliphatic carbocycles. The molecule has 0 aromatic carbocycles. The lowest BCUT2D eigenvalue weighted by molar-refractivity contribution is 0.0101. The van der Waals surface area contributed by atoms with Crippen LogP contribution in [0.1, 0.15) is 37.7 Å². The SMILES string of the molecule is CNC(Cc1cccnc1)C(OC)C1CCCCC1. The van der Waals surface area contributed by atoms with E-state index in [4.69, 9.17) is 4.74 Å². The predicted octanol–water partition coefficient (Wildman–Crippen LogP) is 2.81. The van der Waals surface area contributed by atoms with Crippen molar-refractivity contribution in [2.24, 2.45) is 5.92 Å². The fraction of sp³-hybridized carbons (Fsp3) is 0.688. The van der Waals surface area contributed by atoms with Crippen LogP contribution in [0.2, 0.25) is 0 Å². The molecule has 0 saturated heterocycles. The second kappa shape index (κ2) is 7.61. The van der Waals surface area contributed by atoms with Gasteiger partial charge in [-0.15, -0.1) is 0 Å². The molecule has 2 unspecified atom stereocenters. The molecular weight excluding hydrogens is 236 g/mol. The topological polar surface area (TPSA) is 34.2 Å².